The average Bonchev–Trinajstić information content (AvgIpc) is 3.80. The van der Waals surface area contributed by atoms with Crippen molar-refractivity contribution in [2.24, 2.45) is 0 Å². The summed E-state index contributed by atoms with van der Waals surface area (Å²) in [6, 6.07) is 13.1. The minimum absolute atomic E-state index is 0.00868. The molecule has 1 fully saturated rings. The highest BCUT2D eigenvalue weighted by atomic mass is 32.2. The number of amides is 2. The first-order chi connectivity index (χ1) is 33.5. The van der Waals surface area contributed by atoms with Gasteiger partial charge in [0.1, 0.15) is 26.8 Å². The first kappa shape index (κ1) is 54.1. The van der Waals surface area contributed by atoms with E-state index in [1.54, 1.807) is 48.6 Å². The molecule has 19 nitrogen and oxygen atoms in total. The summed E-state index contributed by atoms with van der Waals surface area (Å²) in [6.07, 6.45) is 10.2. The zero-order valence-electron chi connectivity index (χ0n) is 40.4. The number of benzene rings is 4. The molecule has 0 aliphatic carbocycles. The summed E-state index contributed by atoms with van der Waals surface area (Å²) in [7, 11) is -17.7. The lowest BCUT2D eigenvalue weighted by molar-refractivity contribution is -0.438. The van der Waals surface area contributed by atoms with Gasteiger partial charge in [0.25, 0.3) is 11.8 Å². The fraction of sp³-hybridized carbons (Fsp3) is 0.388. The summed E-state index contributed by atoms with van der Waals surface area (Å²) in [5, 5.41) is 1.56. The van der Waals surface area contributed by atoms with Crippen LogP contribution in [0.2, 0.25) is 0 Å². The Morgan fingerprint density at radius 3 is 2.07 bits per heavy atom. The second-order valence-electron chi connectivity index (χ2n) is 18.9. The predicted octanol–water partition coefficient (Wildman–Crippen LogP) is 5.71. The monoisotopic (exact) mass is 1070 g/mol. The van der Waals surface area contributed by atoms with Crippen LogP contribution in [-0.4, -0.2) is 117 Å². The van der Waals surface area contributed by atoms with Gasteiger partial charge in [-0.1, -0.05) is 63.6 Å². The summed E-state index contributed by atoms with van der Waals surface area (Å²) in [4.78, 5) is 41.3. The van der Waals surface area contributed by atoms with Gasteiger partial charge in [0.2, 0.25) is 15.7 Å². The van der Waals surface area contributed by atoms with E-state index in [4.69, 9.17) is 4.84 Å². The normalized spacial score (nSPS) is 17.8. The number of carbonyl (C=O) groups excluding carboxylic acids is 3. The molecule has 2 amide bonds. The summed E-state index contributed by atoms with van der Waals surface area (Å²) in [5.41, 5.74) is 2.30. The van der Waals surface area contributed by atoms with E-state index >= 15 is 0 Å². The van der Waals surface area contributed by atoms with E-state index in [0.29, 0.717) is 51.1 Å². The van der Waals surface area contributed by atoms with E-state index in [1.165, 1.54) is 19.2 Å². The summed E-state index contributed by atoms with van der Waals surface area (Å²) in [6.45, 7) is 10.2. The van der Waals surface area contributed by atoms with Crippen LogP contribution in [0.15, 0.2) is 105 Å². The van der Waals surface area contributed by atoms with Gasteiger partial charge < -0.3 is 23.4 Å². The highest BCUT2D eigenvalue weighted by Crippen LogP contribution is 2.52. The van der Waals surface area contributed by atoms with Crippen molar-refractivity contribution in [2.75, 3.05) is 37.3 Å². The van der Waals surface area contributed by atoms with Gasteiger partial charge in [-0.05, 0) is 79.4 Å². The number of hydroxylamine groups is 2. The van der Waals surface area contributed by atoms with E-state index in [0.717, 1.165) is 34.5 Å². The first-order valence-electron chi connectivity index (χ1n) is 23.1. The molecule has 0 bridgehead atoms. The quantitative estimate of drug-likeness (QED) is 0.0470. The number of sulfonamides is 1. The summed E-state index contributed by atoms with van der Waals surface area (Å²) < 4.78 is 141. The van der Waals surface area contributed by atoms with Gasteiger partial charge in [-0.3, -0.25) is 9.59 Å². The minimum Gasteiger partial charge on any atom is -0.748 e. The Morgan fingerprint density at radius 1 is 0.764 bits per heavy atom. The van der Waals surface area contributed by atoms with Gasteiger partial charge in [0.05, 0.1) is 30.2 Å². The third-order valence-corrected chi connectivity index (χ3v) is 17.7. The number of nitrogens with zero attached hydrogens (tertiary/aromatic N) is 4. The molecule has 7 rings (SSSR count). The first-order valence-corrected chi connectivity index (χ1v) is 28.9. The largest absolute Gasteiger partial charge is 0.748 e. The molecule has 23 heteroatoms. The molecule has 0 radical (unpaired) electrons. The van der Waals surface area contributed by atoms with Crippen LogP contribution in [0.5, 0.6) is 0 Å². The van der Waals surface area contributed by atoms with E-state index in [9.17, 15) is 61.7 Å². The van der Waals surface area contributed by atoms with Crippen LogP contribution in [0.4, 0.5) is 11.4 Å². The number of hydrogen-bond donors (Lipinski definition) is 0. The van der Waals surface area contributed by atoms with Crippen molar-refractivity contribution in [3.05, 3.63) is 102 Å². The minimum atomic E-state index is -5.21. The van der Waals surface area contributed by atoms with E-state index < -0.39 is 84.5 Å². The lowest BCUT2D eigenvalue weighted by atomic mass is 9.79. The predicted molar refractivity (Wildman–Crippen MR) is 264 cm³/mol. The number of hydrogen-bond acceptors (Lipinski definition) is 16. The third kappa shape index (κ3) is 10.6. The summed E-state index contributed by atoms with van der Waals surface area (Å²) >= 11 is 0. The number of imide groups is 1. The molecule has 0 N–H and O–H groups in total. The second-order valence-corrected chi connectivity index (χ2v) is 25.1. The van der Waals surface area contributed by atoms with Crippen molar-refractivity contribution < 1.29 is 71.1 Å². The van der Waals surface area contributed by atoms with Gasteiger partial charge in [0, 0.05) is 96.9 Å². The zero-order chi connectivity index (χ0) is 52.9. The molecule has 4 aromatic rings. The Kier molecular flexibility index (Phi) is 15.0. The van der Waals surface area contributed by atoms with Gasteiger partial charge in [-0.15, -0.1) is 5.06 Å². The van der Waals surface area contributed by atoms with Crippen LogP contribution in [-0.2, 0) is 70.4 Å². The van der Waals surface area contributed by atoms with Crippen LogP contribution in [0, 0.1) is 0 Å². The zero-order valence-corrected chi connectivity index (χ0v) is 43.7. The molecule has 72 heavy (non-hydrogen) atoms. The smallest absolute Gasteiger partial charge is 0.333 e. The molecule has 386 valence electrons. The standard InChI is InChI=1S/C49H56N4O15S4/c1-7-8-27-51-38-23-21-34-36(30-32(71(62,63)64)31-40(34)72(65,66)67)47(38)49(4,5)42(51)18-11-9-10-17-41-48(2,3)46-35-15-12-16-39(33(35)20-22-37(46)52(41)28-14-29-69(57,58)59)70(60,61)50(6)26-13-19-45(56)68-53-43(54)24-25-44(53)55/h9-12,15-18,20-23,30-31H,7-8,13-14,19,24-29H2,1-6H3,(H2-,57,58,59,62,63,64,65,66,67)/p-2. The summed E-state index contributed by atoms with van der Waals surface area (Å²) in [5.74, 6) is -2.74. The Hall–Kier alpha value is -5.66. The number of rotatable bonds is 19. The van der Waals surface area contributed by atoms with E-state index in [1.807, 2.05) is 56.2 Å². The van der Waals surface area contributed by atoms with Gasteiger partial charge in [0.15, 0.2) is 5.71 Å². The molecule has 0 aromatic heterocycles. The van der Waals surface area contributed by atoms with Crippen LogP contribution >= 0.6 is 0 Å². The molecule has 0 saturated carbocycles. The molecule has 0 spiro atoms. The van der Waals surface area contributed by atoms with Crippen molar-refractivity contribution in [3.63, 3.8) is 0 Å². The van der Waals surface area contributed by atoms with Crippen LogP contribution < -0.4 is 4.90 Å². The molecular weight excluding hydrogens is 1010 g/mol. The fourth-order valence-electron chi connectivity index (χ4n) is 9.90. The van der Waals surface area contributed by atoms with Crippen molar-refractivity contribution >= 4 is 96.8 Å². The number of carbonyl (C=O) groups is 3. The van der Waals surface area contributed by atoms with Crippen molar-refractivity contribution in [2.45, 2.75) is 105 Å². The second kappa shape index (κ2) is 20.0. The Labute approximate surface area is 419 Å². The maximum atomic E-state index is 14.2. The molecule has 3 aliphatic rings. The average molecular weight is 1070 g/mol. The lowest BCUT2D eigenvalue weighted by Gasteiger charge is -2.27. The molecule has 3 aliphatic heterocycles. The van der Waals surface area contributed by atoms with Gasteiger partial charge in [-0.25, -0.2) is 42.8 Å². The van der Waals surface area contributed by atoms with E-state index in [-0.39, 0.29) is 60.9 Å². The fourth-order valence-corrected chi connectivity index (χ4v) is 13.1. The molecule has 0 atom stereocenters. The van der Waals surface area contributed by atoms with Crippen LogP contribution in [0.25, 0.3) is 21.5 Å². The lowest BCUT2D eigenvalue weighted by Crippen LogP contribution is -2.32. The van der Waals surface area contributed by atoms with Crippen molar-refractivity contribution in [1.29, 1.82) is 0 Å². The van der Waals surface area contributed by atoms with Crippen LogP contribution in [0.1, 0.15) is 90.7 Å². The molecule has 4 aromatic carbocycles. The Bertz CT molecular complexity index is 3510. The maximum Gasteiger partial charge on any atom is 0.333 e. The molecule has 1 saturated heterocycles. The third-order valence-electron chi connectivity index (χ3n) is 13.3. The number of unbranched alkanes of at least 4 members (excludes halogenated alkanes) is 1. The SMILES string of the molecule is CCCC[N+]1=C(C=CC=CC=C2N(CCCS(=O)(=O)[O-])c3ccc4c(S(=O)(=O)N(C)CCCC(=O)ON5C(=O)CCC5=O)cccc4c3C2(C)C)C(C)(C)c2c1ccc1c(S(=O)(=O)[O-])cc(S(=O)(=O)[O-])cc21. The highest BCUT2D eigenvalue weighted by Gasteiger charge is 2.46. The number of allylic oxidation sites excluding steroid dienone is 6. The number of anilines is 1. The van der Waals surface area contributed by atoms with Gasteiger partial charge >= 0.3 is 5.97 Å². The van der Waals surface area contributed by atoms with Crippen molar-refractivity contribution in [3.8, 4) is 0 Å². The number of fused-ring (bicyclic) bond motifs is 6. The van der Waals surface area contributed by atoms with Crippen molar-refractivity contribution in [1.82, 2.24) is 9.37 Å². The Morgan fingerprint density at radius 2 is 1.43 bits per heavy atom. The van der Waals surface area contributed by atoms with E-state index in [2.05, 4.69) is 0 Å². The highest BCUT2D eigenvalue weighted by molar-refractivity contribution is 7.89. The topological polar surface area (TPSA) is 279 Å². The van der Waals surface area contributed by atoms with Gasteiger partial charge in [-0.2, -0.15) is 4.58 Å². The van der Waals surface area contributed by atoms with Crippen LogP contribution in [0.3, 0.4) is 0 Å². The molecule has 0 unspecified atom stereocenters. The maximum absolute atomic E-state index is 14.2. The Balaban J connectivity index is 1.21. The molecule has 3 heterocycles. The molecular formula is C49H54N4O15S4-2.